The Bertz CT molecular complexity index is 473. The van der Waals surface area contributed by atoms with E-state index in [0.717, 1.165) is 18.9 Å². The summed E-state index contributed by atoms with van der Waals surface area (Å²) in [6.07, 6.45) is 1.85. The molecular formula is C11H10BrF2NO2. The maximum atomic E-state index is 13.8. The van der Waals surface area contributed by atoms with E-state index in [-0.39, 0.29) is 10.2 Å². The molecule has 0 spiro atoms. The summed E-state index contributed by atoms with van der Waals surface area (Å²) in [5.41, 5.74) is -0.540. The van der Waals surface area contributed by atoms with E-state index >= 15 is 0 Å². The van der Waals surface area contributed by atoms with Gasteiger partial charge in [0.25, 0.3) is 0 Å². The lowest BCUT2D eigenvalue weighted by Crippen LogP contribution is -2.21. The monoisotopic (exact) mass is 305 g/mol. The van der Waals surface area contributed by atoms with Crippen LogP contribution in [-0.4, -0.2) is 24.2 Å². The van der Waals surface area contributed by atoms with E-state index in [2.05, 4.69) is 15.9 Å². The Labute approximate surface area is 105 Å². The van der Waals surface area contributed by atoms with Crippen molar-refractivity contribution in [3.05, 3.63) is 27.7 Å². The first-order valence-corrected chi connectivity index (χ1v) is 5.97. The van der Waals surface area contributed by atoms with Gasteiger partial charge in [0.2, 0.25) is 0 Å². The lowest BCUT2D eigenvalue weighted by molar-refractivity contribution is 0.0690. The molecule has 1 saturated heterocycles. The molecule has 2 rings (SSSR count). The van der Waals surface area contributed by atoms with E-state index in [4.69, 9.17) is 5.11 Å². The Morgan fingerprint density at radius 2 is 1.88 bits per heavy atom. The van der Waals surface area contributed by atoms with E-state index in [1.807, 2.05) is 0 Å². The quantitative estimate of drug-likeness (QED) is 0.854. The number of rotatable bonds is 2. The third kappa shape index (κ3) is 2.13. The summed E-state index contributed by atoms with van der Waals surface area (Å²) in [6, 6.07) is 1.11. The standard InChI is InChI=1S/C11H10BrF2NO2/c12-7-5-6(11(16)17)8(13)9(14)10(7)15-3-1-2-4-15/h5H,1-4H2,(H,16,17). The zero-order valence-corrected chi connectivity index (χ0v) is 10.4. The minimum Gasteiger partial charge on any atom is -0.478 e. The van der Waals surface area contributed by atoms with Crippen molar-refractivity contribution < 1.29 is 18.7 Å². The van der Waals surface area contributed by atoms with Crippen LogP contribution in [0.5, 0.6) is 0 Å². The third-order valence-electron chi connectivity index (χ3n) is 2.79. The fourth-order valence-corrected chi connectivity index (χ4v) is 2.63. The van der Waals surface area contributed by atoms with E-state index < -0.39 is 23.2 Å². The van der Waals surface area contributed by atoms with Crippen molar-refractivity contribution in [2.45, 2.75) is 12.8 Å². The maximum absolute atomic E-state index is 13.8. The third-order valence-corrected chi connectivity index (χ3v) is 3.39. The van der Waals surface area contributed by atoms with Crippen LogP contribution in [0.3, 0.4) is 0 Å². The van der Waals surface area contributed by atoms with Crippen LogP contribution in [0.2, 0.25) is 0 Å². The zero-order valence-electron chi connectivity index (χ0n) is 8.84. The van der Waals surface area contributed by atoms with Crippen molar-refractivity contribution in [1.82, 2.24) is 0 Å². The molecule has 1 aliphatic rings. The van der Waals surface area contributed by atoms with Crippen LogP contribution in [0.1, 0.15) is 23.2 Å². The van der Waals surface area contributed by atoms with E-state index in [1.165, 1.54) is 0 Å². The van der Waals surface area contributed by atoms with Crippen molar-refractivity contribution in [3.8, 4) is 0 Å². The molecule has 3 nitrogen and oxygen atoms in total. The van der Waals surface area contributed by atoms with Crippen LogP contribution in [0.4, 0.5) is 14.5 Å². The van der Waals surface area contributed by atoms with Gasteiger partial charge in [0, 0.05) is 17.6 Å². The molecule has 0 saturated carbocycles. The Morgan fingerprint density at radius 1 is 1.29 bits per heavy atom. The first-order chi connectivity index (χ1) is 8.02. The van der Waals surface area contributed by atoms with Gasteiger partial charge in [-0.2, -0.15) is 0 Å². The number of aromatic carboxylic acids is 1. The average Bonchev–Trinajstić information content (AvgIpc) is 2.76. The number of carbonyl (C=O) groups is 1. The van der Waals surface area contributed by atoms with Crippen LogP contribution < -0.4 is 4.90 Å². The van der Waals surface area contributed by atoms with E-state index in [0.29, 0.717) is 13.1 Å². The van der Waals surface area contributed by atoms with Crippen molar-refractivity contribution in [2.75, 3.05) is 18.0 Å². The molecule has 92 valence electrons. The van der Waals surface area contributed by atoms with Crippen LogP contribution in [-0.2, 0) is 0 Å². The second-order valence-corrected chi connectivity index (χ2v) is 4.74. The van der Waals surface area contributed by atoms with Crippen LogP contribution in [0, 0.1) is 11.6 Å². The van der Waals surface area contributed by atoms with Gasteiger partial charge < -0.3 is 10.0 Å². The largest absolute Gasteiger partial charge is 0.478 e. The molecule has 0 amide bonds. The summed E-state index contributed by atoms with van der Waals surface area (Å²) in [5.74, 6) is -3.88. The topological polar surface area (TPSA) is 40.5 Å². The van der Waals surface area contributed by atoms with Crippen molar-refractivity contribution >= 4 is 27.6 Å². The van der Waals surface area contributed by atoms with Crippen molar-refractivity contribution in [1.29, 1.82) is 0 Å². The molecule has 1 aliphatic heterocycles. The number of hydrogen-bond donors (Lipinski definition) is 1. The summed E-state index contributed by atoms with van der Waals surface area (Å²) in [7, 11) is 0. The molecule has 1 heterocycles. The second kappa shape index (κ2) is 4.60. The van der Waals surface area contributed by atoms with Gasteiger partial charge in [0.15, 0.2) is 11.6 Å². The Kier molecular flexibility index (Phi) is 3.33. The number of hydrogen-bond acceptors (Lipinski definition) is 2. The van der Waals surface area contributed by atoms with E-state index in [9.17, 15) is 13.6 Å². The molecule has 1 fully saturated rings. The van der Waals surface area contributed by atoms with Gasteiger partial charge in [-0.05, 0) is 34.8 Å². The molecule has 1 aromatic rings. The predicted octanol–water partition coefficient (Wildman–Crippen LogP) is 3.03. The highest BCUT2D eigenvalue weighted by Gasteiger charge is 2.26. The smallest absolute Gasteiger partial charge is 0.338 e. The normalized spacial score (nSPS) is 15.4. The molecule has 1 N–H and O–H groups in total. The first-order valence-electron chi connectivity index (χ1n) is 5.18. The number of nitrogens with zero attached hydrogens (tertiary/aromatic N) is 1. The van der Waals surface area contributed by atoms with Crippen LogP contribution in [0.15, 0.2) is 10.5 Å². The van der Waals surface area contributed by atoms with Gasteiger partial charge in [-0.25, -0.2) is 13.6 Å². The average molecular weight is 306 g/mol. The minimum atomic E-state index is -1.48. The van der Waals surface area contributed by atoms with Crippen molar-refractivity contribution in [3.63, 3.8) is 0 Å². The minimum absolute atomic E-state index is 0.116. The van der Waals surface area contributed by atoms with Gasteiger partial charge in [-0.15, -0.1) is 0 Å². The number of carboxylic acids is 1. The molecule has 17 heavy (non-hydrogen) atoms. The number of benzene rings is 1. The molecule has 0 atom stereocenters. The number of anilines is 1. The van der Waals surface area contributed by atoms with Crippen LogP contribution in [0.25, 0.3) is 0 Å². The van der Waals surface area contributed by atoms with Gasteiger partial charge in [0.1, 0.15) is 0 Å². The predicted molar refractivity (Wildman–Crippen MR) is 62.5 cm³/mol. The number of halogens is 3. The summed E-state index contributed by atoms with van der Waals surface area (Å²) in [4.78, 5) is 12.4. The summed E-state index contributed by atoms with van der Waals surface area (Å²) in [5, 5.41) is 8.73. The molecular weight excluding hydrogens is 296 g/mol. The number of carboxylic acid groups (broad SMARTS) is 1. The Morgan fingerprint density at radius 3 is 2.41 bits per heavy atom. The molecule has 0 bridgehead atoms. The summed E-state index contributed by atoms with van der Waals surface area (Å²) in [6.45, 7) is 1.31. The zero-order chi connectivity index (χ0) is 12.6. The molecule has 0 unspecified atom stereocenters. The van der Waals surface area contributed by atoms with Gasteiger partial charge in [-0.1, -0.05) is 0 Å². The summed E-state index contributed by atoms with van der Waals surface area (Å²) < 4.78 is 27.6. The lowest BCUT2D eigenvalue weighted by Gasteiger charge is -2.20. The highest BCUT2D eigenvalue weighted by atomic mass is 79.9. The molecule has 1 aromatic carbocycles. The van der Waals surface area contributed by atoms with Crippen molar-refractivity contribution in [2.24, 2.45) is 0 Å². The fraction of sp³-hybridized carbons (Fsp3) is 0.364. The first kappa shape index (κ1) is 12.3. The maximum Gasteiger partial charge on any atom is 0.338 e. The SMILES string of the molecule is O=C(O)c1cc(Br)c(N2CCCC2)c(F)c1F. The Hall–Kier alpha value is -1.17. The molecule has 6 heteroatoms. The lowest BCUT2D eigenvalue weighted by atomic mass is 10.1. The summed E-state index contributed by atoms with van der Waals surface area (Å²) >= 11 is 3.10. The van der Waals surface area contributed by atoms with Gasteiger partial charge in [-0.3, -0.25) is 0 Å². The van der Waals surface area contributed by atoms with Gasteiger partial charge >= 0.3 is 5.97 Å². The fourth-order valence-electron chi connectivity index (χ4n) is 1.97. The van der Waals surface area contributed by atoms with E-state index in [1.54, 1.807) is 4.90 Å². The highest BCUT2D eigenvalue weighted by molar-refractivity contribution is 9.10. The molecule has 0 aliphatic carbocycles. The van der Waals surface area contributed by atoms with Crippen LogP contribution >= 0.6 is 15.9 Å². The van der Waals surface area contributed by atoms with Gasteiger partial charge in [0.05, 0.1) is 11.3 Å². The molecule has 0 radical (unpaired) electrons. The second-order valence-electron chi connectivity index (χ2n) is 3.88. The molecule has 0 aromatic heterocycles. The highest BCUT2D eigenvalue weighted by Crippen LogP contribution is 2.34. The Balaban J connectivity index is 2.54.